The van der Waals surface area contributed by atoms with Crippen LogP contribution in [0.2, 0.25) is 0 Å². The molecule has 5 heteroatoms. The van der Waals surface area contributed by atoms with Crippen LogP contribution in [-0.4, -0.2) is 11.2 Å². The van der Waals surface area contributed by atoms with Crippen molar-refractivity contribution < 1.29 is 4.79 Å². The van der Waals surface area contributed by atoms with Gasteiger partial charge in [0.25, 0.3) is 5.91 Å². The molecule has 1 aromatic heterocycles. The summed E-state index contributed by atoms with van der Waals surface area (Å²) in [6.45, 7) is 0. The summed E-state index contributed by atoms with van der Waals surface area (Å²) in [5.41, 5.74) is 3.42. The molecule has 20 heavy (non-hydrogen) atoms. The number of carbonyl (C=O) groups excluding carboxylic acids is 1. The molecule has 3 nitrogen and oxygen atoms in total. The van der Waals surface area contributed by atoms with Gasteiger partial charge in [0.15, 0.2) is 0 Å². The maximum Gasteiger partial charge on any atom is 0.275 e. The summed E-state index contributed by atoms with van der Waals surface area (Å²) >= 11 is 3.52. The van der Waals surface area contributed by atoms with Gasteiger partial charge in [0.05, 0.1) is 4.88 Å². The molecule has 1 heterocycles. The van der Waals surface area contributed by atoms with Crippen molar-refractivity contribution in [2.45, 2.75) is 36.7 Å². The molecule has 0 radical (unpaired) electrons. The highest BCUT2D eigenvalue weighted by Gasteiger charge is 2.20. The zero-order valence-corrected chi connectivity index (χ0v) is 12.9. The van der Waals surface area contributed by atoms with Gasteiger partial charge in [0.2, 0.25) is 0 Å². The van der Waals surface area contributed by atoms with Gasteiger partial charge in [-0.3, -0.25) is 10.2 Å². The molecule has 0 aliphatic heterocycles. The topological polar surface area (TPSA) is 55.1 Å². The molecule has 1 fully saturated rings. The van der Waals surface area contributed by atoms with Crippen LogP contribution in [0.15, 0.2) is 24.3 Å². The Bertz CT molecular complexity index is 617. The summed E-state index contributed by atoms with van der Waals surface area (Å²) in [7, 11) is 0. The zero-order valence-electron chi connectivity index (χ0n) is 11.2. The van der Waals surface area contributed by atoms with Crippen LogP contribution in [0.25, 0.3) is 10.1 Å². The fraction of sp³-hybridized carbons (Fsp3) is 0.400. The van der Waals surface area contributed by atoms with Crippen molar-refractivity contribution in [1.82, 2.24) is 5.43 Å². The number of nitrogens with one attached hydrogen (secondary N) is 1. The minimum Gasteiger partial charge on any atom is -0.289 e. The molecule has 0 bridgehead atoms. The van der Waals surface area contributed by atoms with Crippen LogP contribution in [0.3, 0.4) is 0 Å². The number of hydrogen-bond acceptors (Lipinski definition) is 4. The third-order valence-corrected chi connectivity index (χ3v) is 6.41. The van der Waals surface area contributed by atoms with Gasteiger partial charge in [-0.25, -0.2) is 5.84 Å². The van der Waals surface area contributed by atoms with E-state index >= 15 is 0 Å². The van der Waals surface area contributed by atoms with Gasteiger partial charge in [-0.15, -0.1) is 11.3 Å². The standard InChI is InChI=1S/C15H18N2OS2/c16-17-15(18)14-12(9-19-10-5-1-2-6-10)11-7-3-4-8-13(11)20-14/h3-4,7-8,10H,1-2,5-6,9,16H2,(H,17,18). The van der Waals surface area contributed by atoms with Gasteiger partial charge in [0, 0.05) is 15.7 Å². The number of carbonyl (C=O) groups is 1. The molecule has 106 valence electrons. The average molecular weight is 306 g/mol. The molecular weight excluding hydrogens is 288 g/mol. The van der Waals surface area contributed by atoms with Crippen molar-refractivity contribution in [3.8, 4) is 0 Å². The van der Waals surface area contributed by atoms with Crippen LogP contribution in [0.1, 0.15) is 40.9 Å². The number of hydrogen-bond donors (Lipinski definition) is 2. The molecule has 3 N–H and O–H groups in total. The second-order valence-corrected chi connectivity index (χ2v) is 7.44. The van der Waals surface area contributed by atoms with Crippen LogP contribution in [0.5, 0.6) is 0 Å². The van der Waals surface area contributed by atoms with E-state index in [9.17, 15) is 4.79 Å². The van der Waals surface area contributed by atoms with E-state index in [1.54, 1.807) is 0 Å². The Labute approximate surface area is 126 Å². The van der Waals surface area contributed by atoms with Gasteiger partial charge < -0.3 is 0 Å². The highest BCUT2D eigenvalue weighted by Crippen LogP contribution is 2.37. The first kappa shape index (κ1) is 13.9. The largest absolute Gasteiger partial charge is 0.289 e. The summed E-state index contributed by atoms with van der Waals surface area (Å²) in [6, 6.07) is 8.21. The number of rotatable bonds is 4. The third kappa shape index (κ3) is 2.71. The summed E-state index contributed by atoms with van der Waals surface area (Å²) in [4.78, 5) is 12.7. The predicted octanol–water partition coefficient (Wildman–Crippen LogP) is 3.68. The van der Waals surface area contributed by atoms with Crippen molar-refractivity contribution in [1.29, 1.82) is 0 Å². The molecule has 1 amide bonds. The molecule has 1 aliphatic rings. The SMILES string of the molecule is NNC(=O)c1sc2ccccc2c1CSC1CCCC1. The first-order valence-corrected chi connectivity index (χ1v) is 8.79. The van der Waals surface area contributed by atoms with Crippen molar-refractivity contribution in [3.05, 3.63) is 34.7 Å². The van der Waals surface area contributed by atoms with Crippen molar-refractivity contribution in [2.24, 2.45) is 5.84 Å². The summed E-state index contributed by atoms with van der Waals surface area (Å²) in [5, 5.41) is 1.95. The Balaban J connectivity index is 1.91. The summed E-state index contributed by atoms with van der Waals surface area (Å²) in [5.74, 6) is 6.04. The fourth-order valence-electron chi connectivity index (χ4n) is 2.75. The maximum atomic E-state index is 12.0. The van der Waals surface area contributed by atoms with Crippen LogP contribution in [-0.2, 0) is 5.75 Å². The van der Waals surface area contributed by atoms with E-state index in [2.05, 4.69) is 17.6 Å². The quantitative estimate of drug-likeness (QED) is 0.515. The Kier molecular flexibility index (Phi) is 4.29. The van der Waals surface area contributed by atoms with Crippen LogP contribution in [0, 0.1) is 0 Å². The molecule has 0 spiro atoms. The maximum absolute atomic E-state index is 12.0. The number of amides is 1. The van der Waals surface area contributed by atoms with E-state index in [0.29, 0.717) is 0 Å². The third-order valence-electron chi connectivity index (χ3n) is 3.80. The van der Waals surface area contributed by atoms with E-state index in [-0.39, 0.29) is 5.91 Å². The van der Waals surface area contributed by atoms with Gasteiger partial charge in [-0.1, -0.05) is 31.0 Å². The van der Waals surface area contributed by atoms with E-state index in [0.717, 1.165) is 26.1 Å². The highest BCUT2D eigenvalue weighted by atomic mass is 32.2. The molecule has 0 unspecified atom stereocenters. The van der Waals surface area contributed by atoms with Crippen LogP contribution < -0.4 is 11.3 Å². The van der Waals surface area contributed by atoms with Crippen LogP contribution in [0.4, 0.5) is 0 Å². The monoisotopic (exact) mass is 306 g/mol. The van der Waals surface area contributed by atoms with Crippen LogP contribution >= 0.6 is 23.1 Å². The van der Waals surface area contributed by atoms with Gasteiger partial charge >= 0.3 is 0 Å². The number of benzene rings is 1. The van der Waals surface area contributed by atoms with E-state index < -0.39 is 0 Å². The Hall–Kier alpha value is -1.04. The second-order valence-electron chi connectivity index (χ2n) is 5.10. The second kappa shape index (κ2) is 6.16. The molecule has 3 rings (SSSR count). The molecule has 2 aromatic rings. The molecular formula is C15H18N2OS2. The number of nitrogen functional groups attached to an aromatic ring is 1. The minimum absolute atomic E-state index is 0.173. The van der Waals surface area contributed by atoms with Gasteiger partial charge in [-0.2, -0.15) is 11.8 Å². The first-order valence-electron chi connectivity index (χ1n) is 6.92. The van der Waals surface area contributed by atoms with E-state index in [1.807, 2.05) is 23.9 Å². The van der Waals surface area contributed by atoms with Crippen molar-refractivity contribution in [3.63, 3.8) is 0 Å². The predicted molar refractivity (Wildman–Crippen MR) is 87.0 cm³/mol. The molecule has 1 aliphatic carbocycles. The first-order chi connectivity index (χ1) is 9.79. The lowest BCUT2D eigenvalue weighted by Crippen LogP contribution is -2.29. The average Bonchev–Trinajstić information content (AvgIpc) is 3.11. The van der Waals surface area contributed by atoms with Gasteiger partial charge in [-0.05, 0) is 29.9 Å². The number of thiophene rings is 1. The van der Waals surface area contributed by atoms with Crippen molar-refractivity contribution in [2.75, 3.05) is 0 Å². The Morgan fingerprint density at radius 2 is 2.10 bits per heavy atom. The van der Waals surface area contributed by atoms with Crippen molar-refractivity contribution >= 4 is 39.1 Å². The highest BCUT2D eigenvalue weighted by molar-refractivity contribution is 7.99. The number of thioether (sulfide) groups is 1. The van der Waals surface area contributed by atoms with Gasteiger partial charge in [0.1, 0.15) is 0 Å². The zero-order chi connectivity index (χ0) is 13.9. The number of fused-ring (bicyclic) bond motifs is 1. The van der Waals surface area contributed by atoms with E-state index in [1.165, 1.54) is 42.4 Å². The minimum atomic E-state index is -0.173. The normalized spacial score (nSPS) is 15.8. The number of hydrazine groups is 1. The van der Waals surface area contributed by atoms with E-state index in [4.69, 9.17) is 5.84 Å². The molecule has 1 saturated carbocycles. The molecule has 1 aromatic carbocycles. The molecule has 0 atom stereocenters. The lowest BCUT2D eigenvalue weighted by atomic mass is 10.1. The Morgan fingerprint density at radius 1 is 1.35 bits per heavy atom. The number of nitrogens with two attached hydrogens (primary N) is 1. The lowest BCUT2D eigenvalue weighted by Gasteiger charge is -2.09. The molecule has 0 saturated heterocycles. The smallest absolute Gasteiger partial charge is 0.275 e. The summed E-state index contributed by atoms with van der Waals surface area (Å²) < 4.78 is 1.16. The Morgan fingerprint density at radius 3 is 2.85 bits per heavy atom. The summed E-state index contributed by atoms with van der Waals surface area (Å²) in [6.07, 6.45) is 5.31. The lowest BCUT2D eigenvalue weighted by molar-refractivity contribution is 0.0957. The fourth-order valence-corrected chi connectivity index (χ4v) is 5.33.